The highest BCUT2D eigenvalue weighted by molar-refractivity contribution is 5.95. The van der Waals surface area contributed by atoms with Gasteiger partial charge in [-0.25, -0.2) is 19.9 Å². The van der Waals surface area contributed by atoms with Crippen LogP contribution in [0.5, 0.6) is 0 Å². The lowest BCUT2D eigenvalue weighted by atomic mass is 10.1. The molecule has 0 atom stereocenters. The average Bonchev–Trinajstić information content (AvgIpc) is 3.08. The van der Waals surface area contributed by atoms with Crippen molar-refractivity contribution in [2.45, 2.75) is 124 Å². The summed E-state index contributed by atoms with van der Waals surface area (Å²) in [6.45, 7) is 8.66. The van der Waals surface area contributed by atoms with Gasteiger partial charge in [-0.2, -0.15) is 10.2 Å². The summed E-state index contributed by atoms with van der Waals surface area (Å²) in [5.74, 6) is 0.888. The first-order valence-electron chi connectivity index (χ1n) is 17.0. The van der Waals surface area contributed by atoms with Crippen molar-refractivity contribution in [1.29, 1.82) is 0 Å². The van der Waals surface area contributed by atoms with Crippen molar-refractivity contribution >= 4 is 5.78 Å². The normalized spacial score (nSPS) is 11.2. The van der Waals surface area contributed by atoms with Crippen molar-refractivity contribution in [3.05, 3.63) is 59.2 Å². The Bertz CT molecular complexity index is 1520. The van der Waals surface area contributed by atoms with Crippen LogP contribution in [0.15, 0.2) is 36.4 Å². The third-order valence-corrected chi connectivity index (χ3v) is 7.89. The van der Waals surface area contributed by atoms with Crippen LogP contribution in [-0.4, -0.2) is 46.1 Å². The number of hydrogen-bond donors (Lipinski definition) is 0. The Morgan fingerprint density at radius 1 is 0.489 bits per heavy atom. The predicted molar refractivity (Wildman–Crippen MR) is 179 cm³/mol. The van der Waals surface area contributed by atoms with Gasteiger partial charge in [-0.15, -0.1) is 10.2 Å². The molecule has 4 heterocycles. The summed E-state index contributed by atoms with van der Waals surface area (Å²) in [6, 6.07) is 11.4. The molecule has 0 bridgehead atoms. The molecule has 0 spiro atoms. The number of hydrogen-bond acceptors (Lipinski definition) is 9. The van der Waals surface area contributed by atoms with E-state index in [9.17, 15) is 4.79 Å². The van der Waals surface area contributed by atoms with E-state index >= 15 is 0 Å². The molecule has 0 aliphatic rings. The van der Waals surface area contributed by atoms with Gasteiger partial charge in [0.15, 0.2) is 5.78 Å². The monoisotopic (exact) mass is 608 g/mol. The van der Waals surface area contributed by atoms with E-state index in [1.54, 1.807) is 0 Å². The molecule has 0 radical (unpaired) electrons. The second kappa shape index (κ2) is 18.1. The molecule has 0 saturated carbocycles. The molecule has 0 aliphatic carbocycles. The van der Waals surface area contributed by atoms with E-state index in [-0.39, 0.29) is 5.78 Å². The molecule has 9 heteroatoms. The van der Waals surface area contributed by atoms with Crippen LogP contribution in [0.25, 0.3) is 34.4 Å². The molecule has 0 N–H and O–H groups in total. The fraction of sp³-hybridized carbons (Fsp3) is 0.528. The Balaban J connectivity index is 1.63. The molecule has 45 heavy (non-hydrogen) atoms. The number of carbonyl (C=O) groups excluding carboxylic acids is 1. The molecular weight excluding hydrogens is 560 g/mol. The van der Waals surface area contributed by atoms with Gasteiger partial charge in [0.25, 0.3) is 0 Å². The molecule has 4 rings (SSSR count). The lowest BCUT2D eigenvalue weighted by Gasteiger charge is -2.10. The number of aryl methyl sites for hydroxylation is 3. The maximum atomic E-state index is 13.1. The number of ketones is 1. The SMILES string of the molecule is CCCCCc1nnc(-c2cccc(-c3cccc(-c4nnc(CCCCC)c(C(=O)CCCC)n4)n3)n2)nc1CCCCC. The Labute approximate surface area is 268 Å². The van der Waals surface area contributed by atoms with E-state index in [0.29, 0.717) is 58.7 Å². The second-order valence-electron chi connectivity index (χ2n) is 11.7. The van der Waals surface area contributed by atoms with Gasteiger partial charge in [0.05, 0.1) is 28.5 Å². The lowest BCUT2D eigenvalue weighted by molar-refractivity contribution is 0.0973. The largest absolute Gasteiger partial charge is 0.292 e. The van der Waals surface area contributed by atoms with Gasteiger partial charge >= 0.3 is 0 Å². The molecule has 0 aliphatic heterocycles. The minimum Gasteiger partial charge on any atom is -0.292 e. The van der Waals surface area contributed by atoms with Crippen LogP contribution in [0, 0.1) is 0 Å². The molecule has 9 nitrogen and oxygen atoms in total. The molecule has 0 aromatic carbocycles. The van der Waals surface area contributed by atoms with Gasteiger partial charge < -0.3 is 0 Å². The summed E-state index contributed by atoms with van der Waals surface area (Å²) >= 11 is 0. The first-order valence-corrected chi connectivity index (χ1v) is 17.0. The van der Waals surface area contributed by atoms with Crippen molar-refractivity contribution in [3.63, 3.8) is 0 Å². The molecule has 0 unspecified atom stereocenters. The smallest absolute Gasteiger partial charge is 0.201 e. The number of aromatic nitrogens is 8. The van der Waals surface area contributed by atoms with Crippen molar-refractivity contribution in [2.24, 2.45) is 0 Å². The van der Waals surface area contributed by atoms with Crippen molar-refractivity contribution in [3.8, 4) is 34.4 Å². The number of unbranched alkanes of at least 4 members (excludes halogenated alkanes) is 7. The average molecular weight is 609 g/mol. The topological polar surface area (TPSA) is 120 Å². The zero-order valence-electron chi connectivity index (χ0n) is 27.6. The zero-order valence-corrected chi connectivity index (χ0v) is 27.6. The third-order valence-electron chi connectivity index (χ3n) is 7.89. The van der Waals surface area contributed by atoms with Crippen LogP contribution in [0.2, 0.25) is 0 Å². The van der Waals surface area contributed by atoms with Gasteiger partial charge in [-0.3, -0.25) is 4.79 Å². The number of nitrogens with zero attached hydrogens (tertiary/aromatic N) is 8. The molecule has 0 saturated heterocycles. The first kappa shape index (κ1) is 33.9. The van der Waals surface area contributed by atoms with Crippen LogP contribution in [-0.2, 0) is 19.3 Å². The summed E-state index contributed by atoms with van der Waals surface area (Å²) in [5, 5.41) is 18.0. The Hall–Kier alpha value is -4.01. The molecule has 238 valence electrons. The maximum absolute atomic E-state index is 13.1. The highest BCUT2D eigenvalue weighted by atomic mass is 16.1. The Morgan fingerprint density at radius 2 is 0.956 bits per heavy atom. The molecular formula is C36H48N8O. The van der Waals surface area contributed by atoms with E-state index in [4.69, 9.17) is 19.9 Å². The summed E-state index contributed by atoms with van der Waals surface area (Å²) in [5.41, 5.74) is 5.69. The van der Waals surface area contributed by atoms with Crippen LogP contribution in [0.3, 0.4) is 0 Å². The van der Waals surface area contributed by atoms with Crippen LogP contribution in [0.1, 0.15) is 132 Å². The molecule has 4 aromatic heterocycles. The first-order chi connectivity index (χ1) is 22.1. The zero-order chi connectivity index (χ0) is 31.9. The van der Waals surface area contributed by atoms with Gasteiger partial charge in [-0.05, 0) is 69.2 Å². The van der Waals surface area contributed by atoms with E-state index in [1.807, 2.05) is 36.4 Å². The van der Waals surface area contributed by atoms with Crippen molar-refractivity contribution < 1.29 is 4.79 Å². The number of Topliss-reactive ketones (excluding diaryl/α,β-unsaturated/α-hetero) is 1. The summed E-state index contributed by atoms with van der Waals surface area (Å²) in [4.78, 5) is 32.5. The molecule has 0 amide bonds. The quantitative estimate of drug-likeness (QED) is 0.0762. The van der Waals surface area contributed by atoms with Crippen LogP contribution >= 0.6 is 0 Å². The standard InChI is InChI=1S/C36H48N8O/c1-5-9-13-18-28-29(19-14-10-6-2)41-43-35(39-28)31-23-16-21-26(37-31)27-22-17-24-32(38-27)36-40-34(33(45)25-12-8-4)30(42-44-36)20-15-11-7-3/h16-17,21-24H,5-15,18-20,25H2,1-4H3. The molecule has 4 aromatic rings. The minimum atomic E-state index is 0.0177. The third kappa shape index (κ3) is 9.74. The van der Waals surface area contributed by atoms with Gasteiger partial charge in [0.2, 0.25) is 11.6 Å². The number of carbonyl (C=O) groups is 1. The molecule has 0 fully saturated rings. The van der Waals surface area contributed by atoms with Gasteiger partial charge in [0.1, 0.15) is 17.1 Å². The lowest BCUT2D eigenvalue weighted by Crippen LogP contribution is -2.12. The Morgan fingerprint density at radius 3 is 1.51 bits per heavy atom. The summed E-state index contributed by atoms with van der Waals surface area (Å²) in [7, 11) is 0. The highest BCUT2D eigenvalue weighted by Crippen LogP contribution is 2.24. The minimum absolute atomic E-state index is 0.0177. The number of pyridine rings is 2. The van der Waals surface area contributed by atoms with Crippen LogP contribution in [0.4, 0.5) is 0 Å². The summed E-state index contributed by atoms with van der Waals surface area (Å²) in [6.07, 6.45) is 14.7. The van der Waals surface area contributed by atoms with E-state index in [0.717, 1.165) is 75.6 Å². The second-order valence-corrected chi connectivity index (χ2v) is 11.7. The van der Waals surface area contributed by atoms with E-state index in [2.05, 4.69) is 48.1 Å². The maximum Gasteiger partial charge on any atom is 0.201 e. The van der Waals surface area contributed by atoms with E-state index in [1.165, 1.54) is 19.3 Å². The fourth-order valence-corrected chi connectivity index (χ4v) is 5.22. The summed E-state index contributed by atoms with van der Waals surface area (Å²) < 4.78 is 0. The van der Waals surface area contributed by atoms with Crippen molar-refractivity contribution in [2.75, 3.05) is 0 Å². The van der Waals surface area contributed by atoms with E-state index < -0.39 is 0 Å². The van der Waals surface area contributed by atoms with Crippen LogP contribution < -0.4 is 0 Å². The Kier molecular flexibility index (Phi) is 13.6. The fourth-order valence-electron chi connectivity index (χ4n) is 5.22. The predicted octanol–water partition coefficient (Wildman–Crippen LogP) is 8.42. The highest BCUT2D eigenvalue weighted by Gasteiger charge is 2.19. The van der Waals surface area contributed by atoms with Gasteiger partial charge in [-0.1, -0.05) is 84.8 Å². The number of rotatable bonds is 19. The van der Waals surface area contributed by atoms with Gasteiger partial charge in [0, 0.05) is 6.42 Å². The van der Waals surface area contributed by atoms with Crippen molar-refractivity contribution in [1.82, 2.24) is 40.3 Å².